The Morgan fingerprint density at radius 1 is 1.12 bits per heavy atom. The standard InChI is InChI=1S/C19H20BrNO3S/c20-15-5-9-17(10-6-15)24-16-7-3-14(4-8-16)19(13-18(22)21-23)11-1-2-12-25-19/h3-10,23H,1-2,11-13H2,(H,21,22). The van der Waals surface area contributed by atoms with Crippen LogP contribution < -0.4 is 10.2 Å². The van der Waals surface area contributed by atoms with E-state index < -0.39 is 0 Å². The normalized spacial score (nSPS) is 20.1. The molecule has 2 aromatic carbocycles. The Morgan fingerprint density at radius 2 is 1.76 bits per heavy atom. The maximum Gasteiger partial charge on any atom is 0.245 e. The third kappa shape index (κ3) is 4.57. The van der Waals surface area contributed by atoms with Gasteiger partial charge in [0.1, 0.15) is 11.5 Å². The number of hydrogen-bond donors (Lipinski definition) is 2. The van der Waals surface area contributed by atoms with Crippen LogP contribution in [0.15, 0.2) is 53.0 Å². The Balaban J connectivity index is 1.78. The van der Waals surface area contributed by atoms with Crippen molar-refractivity contribution in [2.24, 2.45) is 0 Å². The Hall–Kier alpha value is -1.50. The molecule has 25 heavy (non-hydrogen) atoms. The van der Waals surface area contributed by atoms with Gasteiger partial charge in [-0.1, -0.05) is 34.5 Å². The summed E-state index contributed by atoms with van der Waals surface area (Å²) >= 11 is 5.21. The number of rotatable bonds is 5. The van der Waals surface area contributed by atoms with E-state index >= 15 is 0 Å². The molecule has 0 aliphatic carbocycles. The van der Waals surface area contributed by atoms with Gasteiger partial charge in [0.15, 0.2) is 0 Å². The van der Waals surface area contributed by atoms with Crippen LogP contribution in [0.4, 0.5) is 0 Å². The largest absolute Gasteiger partial charge is 0.457 e. The average Bonchev–Trinajstić information content (AvgIpc) is 2.65. The van der Waals surface area contributed by atoms with E-state index in [9.17, 15) is 4.79 Å². The van der Waals surface area contributed by atoms with Crippen molar-refractivity contribution < 1.29 is 14.7 Å². The highest BCUT2D eigenvalue weighted by Gasteiger charge is 2.36. The predicted octanol–water partition coefficient (Wildman–Crippen LogP) is 5.25. The van der Waals surface area contributed by atoms with Crippen LogP contribution in [-0.4, -0.2) is 16.9 Å². The first kappa shape index (κ1) is 18.3. The lowest BCUT2D eigenvalue weighted by Gasteiger charge is -2.36. The highest BCUT2D eigenvalue weighted by Crippen LogP contribution is 2.48. The van der Waals surface area contributed by atoms with Gasteiger partial charge in [0.2, 0.25) is 5.91 Å². The van der Waals surface area contributed by atoms with Crippen molar-refractivity contribution in [1.29, 1.82) is 0 Å². The lowest BCUT2D eigenvalue weighted by atomic mass is 9.88. The van der Waals surface area contributed by atoms with Crippen LogP contribution in [-0.2, 0) is 9.54 Å². The van der Waals surface area contributed by atoms with Crippen molar-refractivity contribution in [2.45, 2.75) is 30.4 Å². The van der Waals surface area contributed by atoms with Crippen molar-refractivity contribution in [3.63, 3.8) is 0 Å². The molecule has 132 valence electrons. The molecule has 0 saturated carbocycles. The van der Waals surface area contributed by atoms with Gasteiger partial charge in [0, 0.05) is 15.6 Å². The van der Waals surface area contributed by atoms with Crippen molar-refractivity contribution in [2.75, 3.05) is 5.75 Å². The van der Waals surface area contributed by atoms with E-state index in [2.05, 4.69) is 15.9 Å². The number of ether oxygens (including phenoxy) is 1. The number of halogens is 1. The number of carbonyl (C=O) groups excluding carboxylic acids is 1. The monoisotopic (exact) mass is 421 g/mol. The molecule has 0 radical (unpaired) electrons. The van der Waals surface area contributed by atoms with Crippen LogP contribution in [0.25, 0.3) is 0 Å². The van der Waals surface area contributed by atoms with Crippen molar-refractivity contribution in [3.8, 4) is 11.5 Å². The van der Waals surface area contributed by atoms with Crippen LogP contribution in [0.2, 0.25) is 0 Å². The van der Waals surface area contributed by atoms with Gasteiger partial charge in [-0.2, -0.15) is 0 Å². The fraction of sp³-hybridized carbons (Fsp3) is 0.316. The molecule has 1 amide bonds. The van der Waals surface area contributed by atoms with Gasteiger partial charge >= 0.3 is 0 Å². The second-order valence-corrected chi connectivity index (χ2v) is 8.49. The van der Waals surface area contributed by atoms with E-state index in [1.165, 1.54) is 0 Å². The Morgan fingerprint density at radius 3 is 2.32 bits per heavy atom. The zero-order valence-electron chi connectivity index (χ0n) is 13.7. The molecule has 2 N–H and O–H groups in total. The predicted molar refractivity (Wildman–Crippen MR) is 103 cm³/mol. The minimum atomic E-state index is -0.343. The molecule has 6 heteroatoms. The fourth-order valence-electron chi connectivity index (χ4n) is 3.09. The minimum absolute atomic E-state index is 0.277. The molecule has 1 atom stereocenters. The van der Waals surface area contributed by atoms with Crippen molar-refractivity contribution in [3.05, 3.63) is 58.6 Å². The second kappa shape index (κ2) is 8.25. The molecule has 0 bridgehead atoms. The molecular formula is C19H20BrNO3S. The molecule has 1 heterocycles. The first-order valence-corrected chi connectivity index (χ1v) is 10.00. The number of thioether (sulfide) groups is 1. The Bertz CT molecular complexity index is 712. The molecule has 1 fully saturated rings. The average molecular weight is 422 g/mol. The van der Waals surface area contributed by atoms with Crippen LogP contribution in [0.5, 0.6) is 11.5 Å². The maximum atomic E-state index is 11.8. The van der Waals surface area contributed by atoms with Crippen molar-refractivity contribution >= 4 is 33.6 Å². The first-order chi connectivity index (χ1) is 12.1. The van der Waals surface area contributed by atoms with E-state index in [1.807, 2.05) is 48.5 Å². The van der Waals surface area contributed by atoms with Gasteiger partial charge in [-0.15, -0.1) is 11.8 Å². The summed E-state index contributed by atoms with van der Waals surface area (Å²) in [4.78, 5) is 11.8. The summed E-state index contributed by atoms with van der Waals surface area (Å²) in [5, 5.41) is 8.92. The number of hydrogen-bond acceptors (Lipinski definition) is 4. The van der Waals surface area contributed by atoms with Gasteiger partial charge in [0.05, 0.1) is 0 Å². The molecular weight excluding hydrogens is 402 g/mol. The molecule has 1 aliphatic heterocycles. The van der Waals surface area contributed by atoms with Crippen LogP contribution in [0, 0.1) is 0 Å². The summed E-state index contributed by atoms with van der Waals surface area (Å²) in [7, 11) is 0. The number of hydroxylamine groups is 1. The third-order valence-electron chi connectivity index (χ3n) is 4.35. The molecule has 1 unspecified atom stereocenters. The summed E-state index contributed by atoms with van der Waals surface area (Å²) in [6, 6.07) is 15.6. The van der Waals surface area contributed by atoms with Gasteiger partial charge in [-0.05, 0) is 60.6 Å². The zero-order chi connectivity index (χ0) is 17.7. The summed E-state index contributed by atoms with van der Waals surface area (Å²) in [6.07, 6.45) is 3.46. The van der Waals surface area contributed by atoms with Gasteiger partial charge < -0.3 is 4.74 Å². The smallest absolute Gasteiger partial charge is 0.245 e. The minimum Gasteiger partial charge on any atom is -0.457 e. The van der Waals surface area contributed by atoms with E-state index in [-0.39, 0.29) is 17.1 Å². The van der Waals surface area contributed by atoms with Crippen molar-refractivity contribution in [1.82, 2.24) is 5.48 Å². The topological polar surface area (TPSA) is 58.6 Å². The van der Waals surface area contributed by atoms with Crippen LogP contribution in [0.1, 0.15) is 31.2 Å². The molecule has 0 spiro atoms. The Kier molecular flexibility index (Phi) is 6.04. The van der Waals surface area contributed by atoms with E-state index in [0.717, 1.165) is 46.6 Å². The maximum absolute atomic E-state index is 11.8. The quantitative estimate of drug-likeness (QED) is 0.511. The summed E-state index contributed by atoms with van der Waals surface area (Å²) in [6.45, 7) is 0. The summed E-state index contributed by atoms with van der Waals surface area (Å²) in [5.41, 5.74) is 2.88. The Labute approximate surface area is 160 Å². The van der Waals surface area contributed by atoms with E-state index in [1.54, 1.807) is 17.2 Å². The molecule has 1 saturated heterocycles. The number of benzene rings is 2. The highest BCUT2D eigenvalue weighted by atomic mass is 79.9. The van der Waals surface area contributed by atoms with Gasteiger partial charge in [0.25, 0.3) is 0 Å². The lowest BCUT2D eigenvalue weighted by molar-refractivity contribution is -0.129. The second-order valence-electron chi connectivity index (χ2n) is 6.09. The van der Waals surface area contributed by atoms with Gasteiger partial charge in [-0.3, -0.25) is 10.0 Å². The first-order valence-electron chi connectivity index (χ1n) is 8.22. The lowest BCUT2D eigenvalue weighted by Crippen LogP contribution is -2.33. The zero-order valence-corrected chi connectivity index (χ0v) is 16.1. The SMILES string of the molecule is O=C(CC1(c2ccc(Oc3ccc(Br)cc3)cc2)CCCCS1)NO. The highest BCUT2D eigenvalue weighted by molar-refractivity contribution is 9.10. The molecule has 3 rings (SSSR count). The number of carbonyl (C=O) groups is 1. The fourth-order valence-corrected chi connectivity index (χ4v) is 4.91. The van der Waals surface area contributed by atoms with E-state index in [4.69, 9.17) is 9.94 Å². The molecule has 2 aromatic rings. The molecule has 4 nitrogen and oxygen atoms in total. The third-order valence-corrected chi connectivity index (χ3v) is 6.51. The summed E-state index contributed by atoms with van der Waals surface area (Å²) in [5.74, 6) is 2.21. The van der Waals surface area contributed by atoms with Crippen LogP contribution in [0.3, 0.4) is 0 Å². The molecule has 1 aliphatic rings. The molecule has 0 aromatic heterocycles. The van der Waals surface area contributed by atoms with Crippen LogP contribution >= 0.6 is 27.7 Å². The summed E-state index contributed by atoms with van der Waals surface area (Å²) < 4.78 is 6.60. The van der Waals surface area contributed by atoms with Gasteiger partial charge in [-0.25, -0.2) is 5.48 Å². The number of nitrogens with one attached hydrogen (secondary N) is 1. The number of amides is 1. The van der Waals surface area contributed by atoms with E-state index in [0.29, 0.717) is 0 Å².